The Hall–Kier alpha value is -1.20. The summed E-state index contributed by atoms with van der Waals surface area (Å²) in [4.78, 5) is 2.43. The third kappa shape index (κ3) is 2.58. The molecule has 1 fully saturated rings. The summed E-state index contributed by atoms with van der Waals surface area (Å²) >= 11 is 6.15. The van der Waals surface area contributed by atoms with Crippen molar-refractivity contribution in [2.75, 3.05) is 11.4 Å². The largest absolute Gasteiger partial charge is 0.368 e. The van der Waals surface area contributed by atoms with Gasteiger partial charge in [-0.15, -0.1) is 0 Å². The highest BCUT2D eigenvalue weighted by molar-refractivity contribution is 6.32. The van der Waals surface area contributed by atoms with E-state index < -0.39 is 0 Å². The zero-order valence-electron chi connectivity index (χ0n) is 11.9. The summed E-state index contributed by atoms with van der Waals surface area (Å²) in [7, 11) is 0. The minimum Gasteiger partial charge on any atom is -0.368 e. The van der Waals surface area contributed by atoms with Gasteiger partial charge >= 0.3 is 0 Å². The lowest BCUT2D eigenvalue weighted by atomic mass is 9.80. The van der Waals surface area contributed by atoms with Crippen molar-refractivity contribution in [2.24, 2.45) is 5.41 Å². The van der Waals surface area contributed by atoms with Crippen LogP contribution in [0.3, 0.4) is 0 Å². The summed E-state index contributed by atoms with van der Waals surface area (Å²) in [5.41, 5.74) is 2.12. The second kappa shape index (κ2) is 5.43. The fourth-order valence-electron chi connectivity index (χ4n) is 3.20. The Kier molecular flexibility index (Phi) is 4.06. The Balaban J connectivity index is 2.28. The molecule has 0 radical (unpaired) electrons. The van der Waals surface area contributed by atoms with Crippen molar-refractivity contribution in [3.8, 4) is 6.07 Å². The summed E-state index contributed by atoms with van der Waals surface area (Å²) < 4.78 is 0. The van der Waals surface area contributed by atoms with Gasteiger partial charge in [0.05, 0.1) is 10.6 Å². The predicted octanol–water partition coefficient (Wildman–Crippen LogP) is 4.62. The molecule has 2 rings (SSSR count). The summed E-state index contributed by atoms with van der Waals surface area (Å²) in [6.45, 7) is 7.93. The van der Waals surface area contributed by atoms with Gasteiger partial charge in [0.1, 0.15) is 6.07 Å². The first kappa shape index (κ1) is 14.2. The number of nitrogens with zero attached hydrogens (tertiary/aromatic N) is 2. The molecule has 1 aliphatic heterocycles. The molecule has 0 bridgehead atoms. The molecule has 3 heteroatoms. The number of halogens is 1. The lowest BCUT2D eigenvalue weighted by molar-refractivity contribution is 0.294. The monoisotopic (exact) mass is 276 g/mol. The van der Waals surface area contributed by atoms with E-state index in [2.05, 4.69) is 31.7 Å². The number of hydrogen-bond acceptors (Lipinski definition) is 2. The van der Waals surface area contributed by atoms with Crippen LogP contribution in [0.15, 0.2) is 18.2 Å². The molecule has 0 aromatic heterocycles. The van der Waals surface area contributed by atoms with E-state index in [1.54, 1.807) is 0 Å². The fraction of sp³-hybridized carbons (Fsp3) is 0.562. The molecular weight excluding hydrogens is 256 g/mol. The lowest BCUT2D eigenvalue weighted by Crippen LogP contribution is -2.28. The van der Waals surface area contributed by atoms with E-state index in [0.717, 1.165) is 12.2 Å². The van der Waals surface area contributed by atoms with Gasteiger partial charge in [0.2, 0.25) is 0 Å². The van der Waals surface area contributed by atoms with Crippen molar-refractivity contribution in [2.45, 2.75) is 46.1 Å². The van der Waals surface area contributed by atoms with Gasteiger partial charge in [-0.2, -0.15) is 5.26 Å². The molecule has 0 saturated carbocycles. The van der Waals surface area contributed by atoms with Crippen LogP contribution in [0, 0.1) is 16.7 Å². The minimum atomic E-state index is 0.430. The Morgan fingerprint density at radius 1 is 1.42 bits per heavy atom. The van der Waals surface area contributed by atoms with Crippen LogP contribution in [0.5, 0.6) is 0 Å². The summed E-state index contributed by atoms with van der Waals surface area (Å²) in [5, 5.41) is 9.49. The van der Waals surface area contributed by atoms with Gasteiger partial charge in [-0.05, 0) is 49.8 Å². The molecule has 1 atom stereocenters. The van der Waals surface area contributed by atoms with E-state index >= 15 is 0 Å². The molecule has 2 nitrogen and oxygen atoms in total. The van der Waals surface area contributed by atoms with Crippen molar-refractivity contribution < 1.29 is 0 Å². The molecule has 19 heavy (non-hydrogen) atoms. The van der Waals surface area contributed by atoms with Gasteiger partial charge < -0.3 is 4.90 Å². The highest BCUT2D eigenvalue weighted by Crippen LogP contribution is 2.42. The molecule has 0 aliphatic carbocycles. The molecule has 1 aliphatic rings. The average molecular weight is 277 g/mol. The maximum absolute atomic E-state index is 8.94. The number of benzene rings is 1. The van der Waals surface area contributed by atoms with E-state index in [4.69, 9.17) is 16.9 Å². The number of hydrogen-bond donors (Lipinski definition) is 0. The molecule has 0 N–H and O–H groups in total. The number of rotatable bonds is 3. The molecular formula is C16H21ClN2. The fourth-order valence-corrected chi connectivity index (χ4v) is 3.42. The number of nitriles is 1. The number of anilines is 1. The van der Waals surface area contributed by atoms with Crippen LogP contribution in [0.25, 0.3) is 0 Å². The van der Waals surface area contributed by atoms with Gasteiger partial charge in [0.15, 0.2) is 0 Å². The van der Waals surface area contributed by atoms with E-state index in [1.165, 1.54) is 19.3 Å². The van der Waals surface area contributed by atoms with Gasteiger partial charge in [-0.1, -0.05) is 25.4 Å². The van der Waals surface area contributed by atoms with E-state index in [0.29, 0.717) is 22.0 Å². The van der Waals surface area contributed by atoms with Gasteiger partial charge in [0, 0.05) is 18.3 Å². The quantitative estimate of drug-likeness (QED) is 0.806. The predicted molar refractivity (Wildman–Crippen MR) is 80.6 cm³/mol. The molecule has 1 heterocycles. The third-order valence-corrected chi connectivity index (χ3v) is 4.98. The maximum Gasteiger partial charge on any atom is 0.101 e. The first-order valence-corrected chi connectivity index (χ1v) is 7.39. The standard InChI is InChI=1S/C16H21ClN2/c1-4-16(5-2)9-12(3)19(11-16)14-7-6-13(10-18)15(17)8-14/h6-8,12H,4-5,9,11H2,1-3H3/t12-/m0/s1. The SMILES string of the molecule is CCC1(CC)C[C@H](C)N(c2ccc(C#N)c(Cl)c2)C1. The summed E-state index contributed by atoms with van der Waals surface area (Å²) in [6.07, 6.45) is 3.67. The van der Waals surface area contributed by atoms with Crippen LogP contribution in [0.1, 0.15) is 45.6 Å². The van der Waals surface area contributed by atoms with Crippen molar-refractivity contribution in [3.63, 3.8) is 0 Å². The van der Waals surface area contributed by atoms with Crippen LogP contribution in [-0.2, 0) is 0 Å². The zero-order chi connectivity index (χ0) is 14.0. The first-order chi connectivity index (χ1) is 9.05. The molecule has 0 amide bonds. The van der Waals surface area contributed by atoms with Crippen molar-refractivity contribution in [3.05, 3.63) is 28.8 Å². The van der Waals surface area contributed by atoms with Gasteiger partial charge in [-0.25, -0.2) is 0 Å². The Labute approximate surface area is 121 Å². The summed E-state index contributed by atoms with van der Waals surface area (Å²) in [5.74, 6) is 0. The highest BCUT2D eigenvalue weighted by Gasteiger charge is 2.39. The zero-order valence-corrected chi connectivity index (χ0v) is 12.7. The highest BCUT2D eigenvalue weighted by atomic mass is 35.5. The van der Waals surface area contributed by atoms with Gasteiger partial charge in [0.25, 0.3) is 0 Å². The first-order valence-electron chi connectivity index (χ1n) is 7.01. The normalized spacial score (nSPS) is 21.4. The molecule has 1 saturated heterocycles. The van der Waals surface area contributed by atoms with E-state index in [-0.39, 0.29) is 0 Å². The van der Waals surface area contributed by atoms with Crippen molar-refractivity contribution >= 4 is 17.3 Å². The second-order valence-electron chi connectivity index (χ2n) is 5.66. The molecule has 1 aromatic carbocycles. The minimum absolute atomic E-state index is 0.430. The van der Waals surface area contributed by atoms with Crippen LogP contribution in [-0.4, -0.2) is 12.6 Å². The Morgan fingerprint density at radius 3 is 2.58 bits per heavy atom. The average Bonchev–Trinajstić information content (AvgIpc) is 2.76. The van der Waals surface area contributed by atoms with Crippen LogP contribution >= 0.6 is 11.6 Å². The van der Waals surface area contributed by atoms with Gasteiger partial charge in [-0.3, -0.25) is 0 Å². The van der Waals surface area contributed by atoms with Crippen LogP contribution in [0.2, 0.25) is 5.02 Å². The van der Waals surface area contributed by atoms with Crippen LogP contribution < -0.4 is 4.90 Å². The second-order valence-corrected chi connectivity index (χ2v) is 6.07. The third-order valence-electron chi connectivity index (χ3n) is 4.67. The summed E-state index contributed by atoms with van der Waals surface area (Å²) in [6, 6.07) is 8.41. The van der Waals surface area contributed by atoms with Crippen molar-refractivity contribution in [1.29, 1.82) is 5.26 Å². The Bertz CT molecular complexity index is 500. The molecule has 0 unspecified atom stereocenters. The van der Waals surface area contributed by atoms with E-state index in [9.17, 15) is 0 Å². The van der Waals surface area contributed by atoms with E-state index in [1.807, 2.05) is 18.2 Å². The molecule has 1 aromatic rings. The van der Waals surface area contributed by atoms with Crippen LogP contribution in [0.4, 0.5) is 5.69 Å². The van der Waals surface area contributed by atoms with Crippen molar-refractivity contribution in [1.82, 2.24) is 0 Å². The molecule has 0 spiro atoms. The smallest absolute Gasteiger partial charge is 0.101 e. The lowest BCUT2D eigenvalue weighted by Gasteiger charge is -2.27. The maximum atomic E-state index is 8.94. The Morgan fingerprint density at radius 2 is 2.11 bits per heavy atom. The molecule has 102 valence electrons. The topological polar surface area (TPSA) is 27.0 Å².